The Morgan fingerprint density at radius 3 is 2.66 bits per heavy atom. The van der Waals surface area contributed by atoms with E-state index in [-0.39, 0.29) is 5.91 Å². The van der Waals surface area contributed by atoms with Crippen molar-refractivity contribution in [3.05, 3.63) is 73.2 Å². The summed E-state index contributed by atoms with van der Waals surface area (Å²) < 4.78 is 0. The third-order valence-electron chi connectivity index (χ3n) is 6.34. The molecule has 1 fully saturated rings. The van der Waals surface area contributed by atoms with E-state index in [1.165, 1.54) is 25.3 Å². The molecule has 1 amide bonds. The van der Waals surface area contributed by atoms with E-state index in [9.17, 15) is 4.79 Å². The number of anilines is 4. The second kappa shape index (κ2) is 11.8. The van der Waals surface area contributed by atoms with E-state index in [1.807, 2.05) is 67.7 Å². The fourth-order valence-electron chi connectivity index (χ4n) is 4.43. The lowest BCUT2D eigenvalue weighted by atomic mass is 10.1. The van der Waals surface area contributed by atoms with Gasteiger partial charge in [0.25, 0.3) is 0 Å². The maximum absolute atomic E-state index is 12.3. The quantitative estimate of drug-likeness (QED) is 0.325. The molecule has 0 spiro atoms. The van der Waals surface area contributed by atoms with Crippen LogP contribution >= 0.6 is 0 Å². The van der Waals surface area contributed by atoms with Crippen molar-refractivity contribution < 1.29 is 4.79 Å². The van der Waals surface area contributed by atoms with Gasteiger partial charge >= 0.3 is 0 Å². The van der Waals surface area contributed by atoms with E-state index in [0.29, 0.717) is 23.9 Å². The Bertz CT molecular complexity index is 1430. The van der Waals surface area contributed by atoms with Gasteiger partial charge in [0.15, 0.2) is 0 Å². The molecule has 0 atom stereocenters. The molecule has 0 bridgehead atoms. The van der Waals surface area contributed by atoms with Crippen LogP contribution in [-0.2, 0) is 4.79 Å². The van der Waals surface area contributed by atoms with Crippen LogP contribution in [0.25, 0.3) is 22.2 Å². The Hall–Kier alpha value is -4.37. The monoisotopic (exact) mass is 508 g/mol. The summed E-state index contributed by atoms with van der Waals surface area (Å²) in [5.41, 5.74) is 3.82. The zero-order valence-electron chi connectivity index (χ0n) is 21.8. The molecular formula is C29H32N8O. The van der Waals surface area contributed by atoms with Crippen LogP contribution in [0.5, 0.6) is 0 Å². The topological polar surface area (TPSA) is 99.2 Å². The summed E-state index contributed by atoms with van der Waals surface area (Å²) in [6.07, 6.45) is 12.4. The number of rotatable bonds is 8. The van der Waals surface area contributed by atoms with Crippen molar-refractivity contribution in [3.63, 3.8) is 0 Å². The molecule has 194 valence electrons. The Kier molecular flexibility index (Phi) is 7.84. The Labute approximate surface area is 222 Å². The second-order valence-corrected chi connectivity index (χ2v) is 9.60. The van der Waals surface area contributed by atoms with Gasteiger partial charge in [0.05, 0.1) is 23.1 Å². The lowest BCUT2D eigenvalue weighted by Gasteiger charge is -2.27. The van der Waals surface area contributed by atoms with Gasteiger partial charge in [0.2, 0.25) is 11.9 Å². The van der Waals surface area contributed by atoms with Crippen LogP contribution in [0, 0.1) is 0 Å². The van der Waals surface area contributed by atoms with E-state index in [0.717, 1.165) is 41.1 Å². The minimum absolute atomic E-state index is 0.185. The van der Waals surface area contributed by atoms with E-state index < -0.39 is 0 Å². The van der Waals surface area contributed by atoms with Crippen molar-refractivity contribution in [1.82, 2.24) is 24.8 Å². The summed E-state index contributed by atoms with van der Waals surface area (Å²) in [6.45, 7) is 2.81. The van der Waals surface area contributed by atoms with Gasteiger partial charge in [-0.05, 0) is 57.6 Å². The van der Waals surface area contributed by atoms with Crippen LogP contribution < -0.4 is 15.5 Å². The number of likely N-dealkylation sites (N-methyl/N-ethyl adjacent to an activating group) is 1. The van der Waals surface area contributed by atoms with Crippen LogP contribution in [0.4, 0.5) is 23.1 Å². The number of benzene rings is 1. The highest BCUT2D eigenvalue weighted by Gasteiger charge is 2.13. The number of piperidine rings is 1. The second-order valence-electron chi connectivity index (χ2n) is 9.60. The fourth-order valence-corrected chi connectivity index (χ4v) is 4.43. The van der Waals surface area contributed by atoms with Crippen molar-refractivity contribution in [1.29, 1.82) is 0 Å². The molecule has 4 heterocycles. The third-order valence-corrected chi connectivity index (χ3v) is 6.34. The van der Waals surface area contributed by atoms with Gasteiger partial charge < -0.3 is 20.4 Å². The van der Waals surface area contributed by atoms with Gasteiger partial charge in [0.1, 0.15) is 5.82 Å². The van der Waals surface area contributed by atoms with Crippen LogP contribution in [-0.4, -0.2) is 64.5 Å². The molecule has 5 rings (SSSR count). The van der Waals surface area contributed by atoms with Crippen LogP contribution in [0.15, 0.2) is 73.2 Å². The largest absolute Gasteiger partial charge is 0.357 e. The molecule has 3 aromatic heterocycles. The average molecular weight is 509 g/mol. The number of fused-ring (bicyclic) bond motifs is 1. The number of para-hydroxylation sites is 1. The molecule has 0 radical (unpaired) electrons. The van der Waals surface area contributed by atoms with Crippen LogP contribution in [0.1, 0.15) is 19.3 Å². The summed E-state index contributed by atoms with van der Waals surface area (Å²) in [4.78, 5) is 35.1. The number of aromatic nitrogens is 4. The molecule has 0 aliphatic carbocycles. The Morgan fingerprint density at radius 1 is 1.00 bits per heavy atom. The molecule has 0 saturated carbocycles. The number of hydrogen-bond donors (Lipinski definition) is 2. The molecule has 1 aliphatic heterocycles. The predicted molar refractivity (Wildman–Crippen MR) is 153 cm³/mol. The zero-order valence-corrected chi connectivity index (χ0v) is 21.8. The number of carbonyl (C=O) groups excluding carboxylic acids is 1. The fraction of sp³-hybridized carbons (Fsp3) is 0.276. The Morgan fingerprint density at radius 2 is 1.87 bits per heavy atom. The first-order chi connectivity index (χ1) is 18.5. The first-order valence-corrected chi connectivity index (χ1v) is 12.9. The van der Waals surface area contributed by atoms with Gasteiger partial charge in [0, 0.05) is 54.7 Å². The lowest BCUT2D eigenvalue weighted by molar-refractivity contribution is -0.111. The van der Waals surface area contributed by atoms with Crippen molar-refractivity contribution in [2.45, 2.75) is 19.3 Å². The van der Waals surface area contributed by atoms with Gasteiger partial charge in [-0.2, -0.15) is 0 Å². The van der Waals surface area contributed by atoms with Gasteiger partial charge in [-0.25, -0.2) is 15.0 Å². The summed E-state index contributed by atoms with van der Waals surface area (Å²) in [5, 5.41) is 7.08. The number of pyridine rings is 2. The standard InChI is InChI=1S/C29H32N8O/c1-36(2)15-7-10-27(38)33-22-13-14-30-25(18-22)24-9-6-8-21-19-32-29(35-28(21)24)34-23-11-12-26(31-20-23)37-16-4-3-5-17-37/h6-14,18-20H,3-5,15-17H2,1-2H3,(H,30,33,38)(H,32,34,35). The summed E-state index contributed by atoms with van der Waals surface area (Å²) in [6, 6.07) is 13.6. The van der Waals surface area contributed by atoms with E-state index >= 15 is 0 Å². The summed E-state index contributed by atoms with van der Waals surface area (Å²) in [5.74, 6) is 1.30. The molecule has 9 heteroatoms. The maximum atomic E-state index is 12.3. The summed E-state index contributed by atoms with van der Waals surface area (Å²) >= 11 is 0. The molecule has 1 saturated heterocycles. The average Bonchev–Trinajstić information content (AvgIpc) is 2.93. The third kappa shape index (κ3) is 6.30. The minimum atomic E-state index is -0.185. The highest BCUT2D eigenvalue weighted by Crippen LogP contribution is 2.28. The number of amides is 1. The number of hydrogen-bond acceptors (Lipinski definition) is 8. The van der Waals surface area contributed by atoms with E-state index in [2.05, 4.69) is 30.5 Å². The van der Waals surface area contributed by atoms with Crippen molar-refractivity contribution >= 4 is 40.0 Å². The molecule has 9 nitrogen and oxygen atoms in total. The van der Waals surface area contributed by atoms with Gasteiger partial charge in [-0.1, -0.05) is 24.3 Å². The smallest absolute Gasteiger partial charge is 0.248 e. The zero-order chi connectivity index (χ0) is 26.3. The number of nitrogens with one attached hydrogen (secondary N) is 2. The molecule has 2 N–H and O–H groups in total. The number of carbonyl (C=O) groups is 1. The molecule has 0 unspecified atom stereocenters. The summed E-state index contributed by atoms with van der Waals surface area (Å²) in [7, 11) is 3.91. The SMILES string of the molecule is CN(C)CC=CC(=O)Nc1ccnc(-c2cccc3cnc(Nc4ccc(N5CCCCC5)nc4)nc23)c1. The molecule has 1 aliphatic rings. The molecule has 4 aromatic rings. The van der Waals surface area contributed by atoms with E-state index in [4.69, 9.17) is 4.98 Å². The normalized spacial score (nSPS) is 13.8. The lowest BCUT2D eigenvalue weighted by Crippen LogP contribution is -2.29. The van der Waals surface area contributed by atoms with Crippen LogP contribution in [0.3, 0.4) is 0 Å². The number of nitrogens with zero attached hydrogens (tertiary/aromatic N) is 6. The first-order valence-electron chi connectivity index (χ1n) is 12.9. The van der Waals surface area contributed by atoms with Crippen molar-refractivity contribution in [2.24, 2.45) is 0 Å². The first kappa shape index (κ1) is 25.3. The minimum Gasteiger partial charge on any atom is -0.357 e. The maximum Gasteiger partial charge on any atom is 0.248 e. The predicted octanol–water partition coefficient (Wildman–Crippen LogP) is 4.88. The van der Waals surface area contributed by atoms with Crippen molar-refractivity contribution in [2.75, 3.05) is 49.3 Å². The molecule has 1 aromatic carbocycles. The van der Waals surface area contributed by atoms with Crippen molar-refractivity contribution in [3.8, 4) is 11.3 Å². The Balaban J connectivity index is 1.35. The highest BCUT2D eigenvalue weighted by atomic mass is 16.1. The van der Waals surface area contributed by atoms with Gasteiger partial charge in [-0.3, -0.25) is 9.78 Å². The molecular weight excluding hydrogens is 476 g/mol. The van der Waals surface area contributed by atoms with Crippen LogP contribution in [0.2, 0.25) is 0 Å². The van der Waals surface area contributed by atoms with Gasteiger partial charge in [-0.15, -0.1) is 0 Å². The molecule has 38 heavy (non-hydrogen) atoms. The highest BCUT2D eigenvalue weighted by molar-refractivity contribution is 6.00. The van der Waals surface area contributed by atoms with E-state index in [1.54, 1.807) is 18.5 Å².